The molecule has 1 heterocycles. The van der Waals surface area contributed by atoms with Crippen molar-refractivity contribution in [2.45, 2.75) is 12.0 Å². The van der Waals surface area contributed by atoms with Crippen LogP contribution in [0.5, 0.6) is 11.5 Å². The third-order valence-electron chi connectivity index (χ3n) is 4.37. The van der Waals surface area contributed by atoms with Crippen molar-refractivity contribution < 1.29 is 14.6 Å². The number of methoxy groups -OCH3 is 1. The fourth-order valence-corrected chi connectivity index (χ4v) is 3.01. The number of likely N-dealkylation sites (tertiary alicyclic amines) is 1. The van der Waals surface area contributed by atoms with Crippen molar-refractivity contribution >= 4 is 0 Å². The maximum absolute atomic E-state index is 10.8. The van der Waals surface area contributed by atoms with E-state index in [4.69, 9.17) is 9.47 Å². The van der Waals surface area contributed by atoms with E-state index in [0.717, 1.165) is 36.6 Å². The van der Waals surface area contributed by atoms with Gasteiger partial charge in [0.1, 0.15) is 23.7 Å². The van der Waals surface area contributed by atoms with Crippen molar-refractivity contribution in [1.29, 1.82) is 0 Å². The van der Waals surface area contributed by atoms with E-state index in [2.05, 4.69) is 4.90 Å². The summed E-state index contributed by atoms with van der Waals surface area (Å²) < 4.78 is 10.9. The molecular weight excluding hydrogens is 290 g/mol. The first-order chi connectivity index (χ1) is 11.2. The van der Waals surface area contributed by atoms with Crippen molar-refractivity contribution in [2.24, 2.45) is 0 Å². The van der Waals surface area contributed by atoms with E-state index in [-0.39, 0.29) is 0 Å². The predicted octanol–water partition coefficient (Wildman–Crippen LogP) is 2.67. The van der Waals surface area contributed by atoms with Crippen molar-refractivity contribution in [2.75, 3.05) is 33.4 Å². The van der Waals surface area contributed by atoms with E-state index in [1.807, 2.05) is 54.6 Å². The molecule has 0 amide bonds. The van der Waals surface area contributed by atoms with Crippen LogP contribution in [0.2, 0.25) is 0 Å². The van der Waals surface area contributed by atoms with Crippen LogP contribution in [0.3, 0.4) is 0 Å². The fraction of sp³-hybridized carbons (Fsp3) is 0.368. The number of benzene rings is 2. The molecule has 1 atom stereocenters. The van der Waals surface area contributed by atoms with E-state index < -0.39 is 5.60 Å². The first-order valence-corrected chi connectivity index (χ1v) is 7.97. The fourth-order valence-electron chi connectivity index (χ4n) is 3.01. The molecule has 2 aromatic carbocycles. The van der Waals surface area contributed by atoms with Gasteiger partial charge in [0, 0.05) is 19.6 Å². The van der Waals surface area contributed by atoms with Gasteiger partial charge in [-0.25, -0.2) is 0 Å². The van der Waals surface area contributed by atoms with Gasteiger partial charge in [-0.2, -0.15) is 0 Å². The monoisotopic (exact) mass is 313 g/mol. The highest BCUT2D eigenvalue weighted by atomic mass is 16.5. The molecule has 1 unspecified atom stereocenters. The summed E-state index contributed by atoms with van der Waals surface area (Å²) in [5.41, 5.74) is 0.264. The van der Waals surface area contributed by atoms with Gasteiger partial charge in [0.05, 0.1) is 7.11 Å². The number of rotatable bonds is 6. The summed E-state index contributed by atoms with van der Waals surface area (Å²) in [6, 6.07) is 17.5. The molecule has 122 valence electrons. The number of β-amino-alcohol motifs (C(OH)–C–C–N with tert-alkyl or cyclic N) is 1. The van der Waals surface area contributed by atoms with Crippen LogP contribution in [-0.2, 0) is 5.60 Å². The predicted molar refractivity (Wildman–Crippen MR) is 89.9 cm³/mol. The Morgan fingerprint density at radius 1 is 1.04 bits per heavy atom. The van der Waals surface area contributed by atoms with Gasteiger partial charge >= 0.3 is 0 Å². The molecule has 0 saturated carbocycles. The second-order valence-corrected chi connectivity index (χ2v) is 5.95. The van der Waals surface area contributed by atoms with E-state index in [1.54, 1.807) is 7.11 Å². The third kappa shape index (κ3) is 3.84. The van der Waals surface area contributed by atoms with Gasteiger partial charge in [-0.05, 0) is 36.2 Å². The van der Waals surface area contributed by atoms with E-state index in [1.165, 1.54) is 0 Å². The molecule has 1 fully saturated rings. The van der Waals surface area contributed by atoms with Crippen LogP contribution in [0, 0.1) is 0 Å². The Bertz CT molecular complexity index is 614. The van der Waals surface area contributed by atoms with Gasteiger partial charge in [-0.1, -0.05) is 30.3 Å². The van der Waals surface area contributed by atoms with Crippen molar-refractivity contribution in [1.82, 2.24) is 4.90 Å². The van der Waals surface area contributed by atoms with Crippen LogP contribution in [0.25, 0.3) is 0 Å². The number of hydrogen-bond donors (Lipinski definition) is 1. The average Bonchev–Trinajstić information content (AvgIpc) is 2.99. The lowest BCUT2D eigenvalue weighted by Gasteiger charge is -2.24. The molecule has 1 saturated heterocycles. The summed E-state index contributed by atoms with van der Waals surface area (Å²) in [5.74, 6) is 1.66. The van der Waals surface area contributed by atoms with E-state index >= 15 is 0 Å². The minimum absolute atomic E-state index is 0.608. The topological polar surface area (TPSA) is 41.9 Å². The standard InChI is InChI=1S/C19H23NO3/c1-22-17-7-9-18(10-8-17)23-14-13-20-12-11-19(21,15-20)16-5-3-2-4-6-16/h2-10,21H,11-15H2,1H3. The summed E-state index contributed by atoms with van der Waals surface area (Å²) >= 11 is 0. The molecule has 4 nitrogen and oxygen atoms in total. The normalized spacial score (nSPS) is 21.3. The SMILES string of the molecule is COc1ccc(OCCN2CCC(O)(c3ccccc3)C2)cc1. The molecule has 0 radical (unpaired) electrons. The molecule has 0 bridgehead atoms. The first-order valence-electron chi connectivity index (χ1n) is 7.97. The first kappa shape index (κ1) is 15.8. The zero-order chi connectivity index (χ0) is 16.1. The quantitative estimate of drug-likeness (QED) is 0.890. The minimum Gasteiger partial charge on any atom is -0.497 e. The van der Waals surface area contributed by atoms with Gasteiger partial charge in [0.2, 0.25) is 0 Å². The summed E-state index contributed by atoms with van der Waals surface area (Å²) in [7, 11) is 1.65. The van der Waals surface area contributed by atoms with E-state index in [0.29, 0.717) is 13.2 Å². The smallest absolute Gasteiger partial charge is 0.119 e. The lowest BCUT2D eigenvalue weighted by atomic mass is 9.93. The molecule has 1 aliphatic rings. The van der Waals surface area contributed by atoms with Crippen molar-refractivity contribution in [3.63, 3.8) is 0 Å². The average molecular weight is 313 g/mol. The molecule has 0 spiro atoms. The molecule has 0 aliphatic carbocycles. The number of ether oxygens (including phenoxy) is 2. The minimum atomic E-state index is -0.735. The Labute approximate surface area is 137 Å². The van der Waals surface area contributed by atoms with Crippen LogP contribution >= 0.6 is 0 Å². The molecule has 1 N–H and O–H groups in total. The van der Waals surface area contributed by atoms with Crippen LogP contribution in [-0.4, -0.2) is 43.4 Å². The Balaban J connectivity index is 1.48. The Morgan fingerprint density at radius 2 is 1.74 bits per heavy atom. The van der Waals surface area contributed by atoms with Crippen LogP contribution < -0.4 is 9.47 Å². The number of hydrogen-bond acceptors (Lipinski definition) is 4. The highest BCUT2D eigenvalue weighted by molar-refractivity contribution is 5.31. The summed E-state index contributed by atoms with van der Waals surface area (Å²) in [6.45, 7) is 2.96. The highest BCUT2D eigenvalue weighted by Gasteiger charge is 2.37. The summed E-state index contributed by atoms with van der Waals surface area (Å²) in [5, 5.41) is 10.8. The molecule has 23 heavy (non-hydrogen) atoms. The van der Waals surface area contributed by atoms with Gasteiger partial charge in [0.25, 0.3) is 0 Å². The lowest BCUT2D eigenvalue weighted by Crippen LogP contribution is -2.32. The van der Waals surface area contributed by atoms with Crippen LogP contribution in [0.4, 0.5) is 0 Å². The summed E-state index contributed by atoms with van der Waals surface area (Å²) in [6.07, 6.45) is 0.763. The zero-order valence-electron chi connectivity index (χ0n) is 13.4. The van der Waals surface area contributed by atoms with Gasteiger partial charge < -0.3 is 14.6 Å². The van der Waals surface area contributed by atoms with Gasteiger partial charge in [0.15, 0.2) is 0 Å². The number of nitrogens with zero attached hydrogens (tertiary/aromatic N) is 1. The largest absolute Gasteiger partial charge is 0.497 e. The second-order valence-electron chi connectivity index (χ2n) is 5.95. The second kappa shape index (κ2) is 7.02. The molecule has 0 aromatic heterocycles. The maximum atomic E-state index is 10.8. The van der Waals surface area contributed by atoms with Crippen molar-refractivity contribution in [3.8, 4) is 11.5 Å². The molecule has 4 heteroatoms. The third-order valence-corrected chi connectivity index (χ3v) is 4.37. The Morgan fingerprint density at radius 3 is 2.43 bits per heavy atom. The van der Waals surface area contributed by atoms with Gasteiger partial charge in [-0.3, -0.25) is 4.90 Å². The molecule has 2 aromatic rings. The van der Waals surface area contributed by atoms with Crippen molar-refractivity contribution in [3.05, 3.63) is 60.2 Å². The molecule has 3 rings (SSSR count). The Hall–Kier alpha value is -2.04. The maximum Gasteiger partial charge on any atom is 0.119 e. The zero-order valence-corrected chi connectivity index (χ0v) is 13.4. The lowest BCUT2D eigenvalue weighted by molar-refractivity contribution is 0.0447. The molecular formula is C19H23NO3. The van der Waals surface area contributed by atoms with Crippen LogP contribution in [0.1, 0.15) is 12.0 Å². The van der Waals surface area contributed by atoms with Crippen LogP contribution in [0.15, 0.2) is 54.6 Å². The summed E-state index contributed by atoms with van der Waals surface area (Å²) in [4.78, 5) is 2.25. The van der Waals surface area contributed by atoms with Gasteiger partial charge in [-0.15, -0.1) is 0 Å². The molecule has 1 aliphatic heterocycles. The highest BCUT2D eigenvalue weighted by Crippen LogP contribution is 2.31. The Kier molecular flexibility index (Phi) is 4.84. The number of aliphatic hydroxyl groups is 1. The van der Waals surface area contributed by atoms with E-state index in [9.17, 15) is 5.11 Å².